The zero-order chi connectivity index (χ0) is 12.1. The first-order chi connectivity index (χ1) is 8.27. The summed E-state index contributed by atoms with van der Waals surface area (Å²) in [4.78, 5) is 6.33. The van der Waals surface area contributed by atoms with Crippen molar-refractivity contribution >= 4 is 29.9 Å². The monoisotopic (exact) mass is 365 g/mol. The maximum absolute atomic E-state index is 13.2. The highest BCUT2D eigenvalue weighted by Gasteiger charge is 2.10. The van der Waals surface area contributed by atoms with E-state index in [1.807, 2.05) is 11.9 Å². The molecule has 2 rings (SSSR count). The number of hydrogen-bond acceptors (Lipinski definition) is 4. The molecule has 18 heavy (non-hydrogen) atoms. The lowest BCUT2D eigenvalue weighted by Gasteiger charge is -2.15. The van der Waals surface area contributed by atoms with Crippen LogP contribution in [0.1, 0.15) is 0 Å². The summed E-state index contributed by atoms with van der Waals surface area (Å²) >= 11 is 0. The fourth-order valence-corrected chi connectivity index (χ4v) is 1.61. The molecule has 0 amide bonds. The first-order valence-corrected chi connectivity index (χ1v) is 5.64. The van der Waals surface area contributed by atoms with Crippen molar-refractivity contribution in [3.63, 3.8) is 0 Å². The molecule has 100 valence electrons. The Morgan fingerprint density at radius 2 is 2.22 bits per heavy atom. The SMILES string of the molecule is CN1CCN=C1NCCOc1ccccc1F.I. The maximum atomic E-state index is 13.2. The van der Waals surface area contributed by atoms with E-state index in [-0.39, 0.29) is 35.5 Å². The molecule has 4 nitrogen and oxygen atoms in total. The molecule has 1 aromatic carbocycles. The lowest BCUT2D eigenvalue weighted by atomic mass is 10.3. The number of rotatable bonds is 4. The van der Waals surface area contributed by atoms with Crippen LogP contribution >= 0.6 is 24.0 Å². The zero-order valence-electron chi connectivity index (χ0n) is 10.2. The minimum Gasteiger partial charge on any atom is -0.489 e. The number of likely N-dealkylation sites (N-methyl/N-ethyl adjacent to an activating group) is 1. The van der Waals surface area contributed by atoms with Gasteiger partial charge in [-0.1, -0.05) is 12.1 Å². The molecular formula is C12H17FIN3O. The molecule has 1 aromatic rings. The molecule has 0 saturated carbocycles. The fraction of sp³-hybridized carbons (Fsp3) is 0.417. The molecule has 0 saturated heterocycles. The molecule has 0 spiro atoms. The summed E-state index contributed by atoms with van der Waals surface area (Å²) in [5, 5.41) is 3.15. The summed E-state index contributed by atoms with van der Waals surface area (Å²) in [6, 6.07) is 6.40. The number of guanidine groups is 1. The number of halogens is 2. The van der Waals surface area contributed by atoms with Crippen LogP contribution < -0.4 is 10.1 Å². The van der Waals surface area contributed by atoms with Gasteiger partial charge in [0.2, 0.25) is 0 Å². The predicted octanol–water partition coefficient (Wildman–Crippen LogP) is 1.71. The van der Waals surface area contributed by atoms with E-state index >= 15 is 0 Å². The number of para-hydroxylation sites is 1. The van der Waals surface area contributed by atoms with Gasteiger partial charge >= 0.3 is 0 Å². The van der Waals surface area contributed by atoms with Crippen molar-refractivity contribution in [3.05, 3.63) is 30.1 Å². The van der Waals surface area contributed by atoms with Crippen LogP contribution in [0, 0.1) is 5.82 Å². The van der Waals surface area contributed by atoms with Crippen molar-refractivity contribution in [3.8, 4) is 5.75 Å². The Bertz CT molecular complexity index is 414. The normalized spacial score (nSPS) is 13.9. The average Bonchev–Trinajstić information content (AvgIpc) is 2.73. The first kappa shape index (κ1) is 15.0. The third-order valence-corrected chi connectivity index (χ3v) is 2.54. The highest BCUT2D eigenvalue weighted by atomic mass is 127. The molecule has 0 radical (unpaired) electrons. The smallest absolute Gasteiger partial charge is 0.193 e. The third-order valence-electron chi connectivity index (χ3n) is 2.54. The van der Waals surface area contributed by atoms with Gasteiger partial charge in [-0.25, -0.2) is 4.39 Å². The van der Waals surface area contributed by atoms with Gasteiger partial charge in [0.25, 0.3) is 0 Å². The van der Waals surface area contributed by atoms with Crippen molar-refractivity contribution in [2.24, 2.45) is 4.99 Å². The third kappa shape index (κ3) is 4.01. The van der Waals surface area contributed by atoms with E-state index in [1.165, 1.54) is 6.07 Å². The first-order valence-electron chi connectivity index (χ1n) is 5.64. The number of nitrogens with one attached hydrogen (secondary N) is 1. The molecular weight excluding hydrogens is 348 g/mol. The molecule has 0 aliphatic carbocycles. The maximum Gasteiger partial charge on any atom is 0.193 e. The van der Waals surface area contributed by atoms with Gasteiger partial charge in [-0.3, -0.25) is 4.99 Å². The topological polar surface area (TPSA) is 36.9 Å². The van der Waals surface area contributed by atoms with Crippen LogP contribution in [0.5, 0.6) is 5.75 Å². The van der Waals surface area contributed by atoms with Crippen LogP contribution in [0.2, 0.25) is 0 Å². The van der Waals surface area contributed by atoms with Crippen LogP contribution in [-0.4, -0.2) is 44.1 Å². The van der Waals surface area contributed by atoms with Gasteiger partial charge in [-0.05, 0) is 12.1 Å². The highest BCUT2D eigenvalue weighted by molar-refractivity contribution is 14.0. The minimum absolute atomic E-state index is 0. The van der Waals surface area contributed by atoms with Gasteiger partial charge in [0.05, 0.1) is 13.1 Å². The van der Waals surface area contributed by atoms with Gasteiger partial charge < -0.3 is 15.0 Å². The number of aliphatic imine (C=N–C) groups is 1. The van der Waals surface area contributed by atoms with Gasteiger partial charge in [0.15, 0.2) is 17.5 Å². The second kappa shape index (κ2) is 7.40. The van der Waals surface area contributed by atoms with E-state index in [1.54, 1.807) is 18.2 Å². The Morgan fingerprint density at radius 3 is 2.89 bits per heavy atom. The summed E-state index contributed by atoms with van der Waals surface area (Å²) in [6.45, 7) is 2.79. The number of nitrogens with zero attached hydrogens (tertiary/aromatic N) is 2. The Morgan fingerprint density at radius 1 is 1.44 bits per heavy atom. The zero-order valence-corrected chi connectivity index (χ0v) is 12.6. The second-order valence-corrected chi connectivity index (χ2v) is 3.83. The second-order valence-electron chi connectivity index (χ2n) is 3.83. The van der Waals surface area contributed by atoms with Crippen molar-refractivity contribution in [2.75, 3.05) is 33.3 Å². The highest BCUT2D eigenvalue weighted by Crippen LogP contribution is 2.14. The van der Waals surface area contributed by atoms with Gasteiger partial charge in [-0.15, -0.1) is 24.0 Å². The van der Waals surface area contributed by atoms with Crippen LogP contribution in [0.25, 0.3) is 0 Å². The van der Waals surface area contributed by atoms with Crippen molar-refractivity contribution in [1.29, 1.82) is 0 Å². The molecule has 0 aromatic heterocycles. The molecule has 1 aliphatic rings. The summed E-state index contributed by atoms with van der Waals surface area (Å²) < 4.78 is 18.5. The van der Waals surface area contributed by atoms with Gasteiger partial charge in [0.1, 0.15) is 6.61 Å². The Labute approximate surface area is 123 Å². The van der Waals surface area contributed by atoms with Crippen molar-refractivity contribution in [1.82, 2.24) is 10.2 Å². The minimum atomic E-state index is -0.331. The van der Waals surface area contributed by atoms with Crippen LogP contribution in [0.3, 0.4) is 0 Å². The van der Waals surface area contributed by atoms with Gasteiger partial charge in [0, 0.05) is 13.6 Å². The molecule has 1 heterocycles. The largest absolute Gasteiger partial charge is 0.489 e. The van der Waals surface area contributed by atoms with E-state index in [4.69, 9.17) is 4.74 Å². The fourth-order valence-electron chi connectivity index (χ4n) is 1.61. The molecule has 0 bridgehead atoms. The molecule has 0 unspecified atom stereocenters. The van der Waals surface area contributed by atoms with E-state index in [2.05, 4.69) is 10.3 Å². The predicted molar refractivity (Wildman–Crippen MR) is 80.2 cm³/mol. The molecule has 1 N–H and O–H groups in total. The van der Waals surface area contributed by atoms with Crippen molar-refractivity contribution < 1.29 is 9.13 Å². The molecule has 0 fully saturated rings. The van der Waals surface area contributed by atoms with Crippen molar-refractivity contribution in [2.45, 2.75) is 0 Å². The quantitative estimate of drug-likeness (QED) is 0.652. The Hall–Kier alpha value is -1.05. The van der Waals surface area contributed by atoms with E-state index in [9.17, 15) is 4.39 Å². The van der Waals surface area contributed by atoms with E-state index in [0.717, 1.165) is 19.0 Å². The number of hydrogen-bond donors (Lipinski definition) is 1. The summed E-state index contributed by atoms with van der Waals surface area (Å²) in [5.74, 6) is 0.834. The summed E-state index contributed by atoms with van der Waals surface area (Å²) in [5.41, 5.74) is 0. The number of benzene rings is 1. The Kier molecular flexibility index (Phi) is 6.17. The Balaban J connectivity index is 0.00000162. The van der Waals surface area contributed by atoms with Crippen LogP contribution in [-0.2, 0) is 0 Å². The lowest BCUT2D eigenvalue weighted by molar-refractivity contribution is 0.304. The molecule has 1 aliphatic heterocycles. The number of ether oxygens (including phenoxy) is 1. The van der Waals surface area contributed by atoms with Crippen LogP contribution in [0.15, 0.2) is 29.3 Å². The molecule has 0 atom stereocenters. The average molecular weight is 365 g/mol. The van der Waals surface area contributed by atoms with Crippen LogP contribution in [0.4, 0.5) is 4.39 Å². The van der Waals surface area contributed by atoms with E-state index < -0.39 is 0 Å². The summed E-state index contributed by atoms with van der Waals surface area (Å²) in [7, 11) is 1.98. The van der Waals surface area contributed by atoms with Gasteiger partial charge in [-0.2, -0.15) is 0 Å². The standard InChI is InChI=1S/C12H16FN3O.HI/c1-16-8-6-14-12(16)15-7-9-17-11-5-3-2-4-10(11)13;/h2-5H,6-9H2,1H3,(H,14,15);1H. The summed E-state index contributed by atoms with van der Waals surface area (Å²) in [6.07, 6.45) is 0. The lowest BCUT2D eigenvalue weighted by Crippen LogP contribution is -2.37. The van der Waals surface area contributed by atoms with E-state index in [0.29, 0.717) is 13.2 Å². The molecule has 6 heteroatoms.